The van der Waals surface area contributed by atoms with Crippen LogP contribution in [0.5, 0.6) is 5.75 Å². The molecule has 182 valence electrons. The molecule has 1 unspecified atom stereocenters. The van der Waals surface area contributed by atoms with Gasteiger partial charge < -0.3 is 20.1 Å². The number of aliphatic hydroxyl groups is 1. The number of likely N-dealkylation sites (N-methyl/N-ethyl adjacent to an activating group) is 1. The van der Waals surface area contributed by atoms with Crippen molar-refractivity contribution >= 4 is 39.0 Å². The van der Waals surface area contributed by atoms with Crippen molar-refractivity contribution < 1.29 is 14.6 Å². The molecule has 0 bridgehead atoms. The van der Waals surface area contributed by atoms with Crippen LogP contribution in [0.4, 0.5) is 11.5 Å². The van der Waals surface area contributed by atoms with Gasteiger partial charge in [-0.1, -0.05) is 6.92 Å². The van der Waals surface area contributed by atoms with Crippen LogP contribution in [-0.2, 0) is 24.1 Å². The number of methoxy groups -OCH3 is 1. The third kappa shape index (κ3) is 4.88. The fourth-order valence-electron chi connectivity index (χ4n) is 4.89. The van der Waals surface area contributed by atoms with Crippen LogP contribution in [0.3, 0.4) is 0 Å². The first kappa shape index (κ1) is 24.4. The van der Waals surface area contributed by atoms with Crippen LogP contribution >= 0.6 is 11.3 Å². The predicted octanol–water partition coefficient (Wildman–Crippen LogP) is 4.65. The number of hydrogen-bond donors (Lipinski definition) is 2. The Labute approximate surface area is 205 Å². The molecule has 1 aliphatic carbocycles. The highest BCUT2D eigenvalue weighted by Crippen LogP contribution is 2.41. The lowest BCUT2D eigenvalue weighted by molar-refractivity contribution is -0.137. The van der Waals surface area contributed by atoms with Crippen molar-refractivity contribution in [3.8, 4) is 5.75 Å². The summed E-state index contributed by atoms with van der Waals surface area (Å²) in [5, 5.41) is 14.7. The number of aromatic nitrogens is 2. The maximum Gasteiger partial charge on any atom is 0.225 e. The molecule has 3 aromatic rings. The first-order valence-corrected chi connectivity index (χ1v) is 12.6. The molecular formula is C26H34N4O3S. The molecule has 0 aliphatic heterocycles. The van der Waals surface area contributed by atoms with Gasteiger partial charge in [0.25, 0.3) is 0 Å². The van der Waals surface area contributed by atoms with Crippen molar-refractivity contribution in [2.45, 2.75) is 59.0 Å². The van der Waals surface area contributed by atoms with E-state index in [0.29, 0.717) is 13.0 Å². The van der Waals surface area contributed by atoms with E-state index in [-0.39, 0.29) is 11.8 Å². The quantitative estimate of drug-likeness (QED) is 0.510. The Balaban J connectivity index is 1.64. The van der Waals surface area contributed by atoms with Crippen molar-refractivity contribution in [2.24, 2.45) is 5.92 Å². The standard InChI is InChI=1S/C26H34N4O3S/c1-7-16-11-19(20(33-6)10-15(16)2)29-23-22-18-9-8-17(25(31)30(5)13-26(3,4)32)12-21(18)34-24(22)28-14-27-23/h10-11,14,17,32H,7-9,12-13H2,1-6H3,(H,27,28,29). The van der Waals surface area contributed by atoms with Crippen LogP contribution in [0.25, 0.3) is 10.2 Å². The summed E-state index contributed by atoms with van der Waals surface area (Å²) >= 11 is 1.65. The molecule has 1 aromatic carbocycles. The van der Waals surface area contributed by atoms with Crippen LogP contribution in [0.2, 0.25) is 0 Å². The Kier molecular flexibility index (Phi) is 6.82. The second kappa shape index (κ2) is 9.50. The SMILES string of the molecule is CCc1cc(Nc2ncnc3sc4c(c23)CCC(C(=O)N(C)CC(C)(C)O)C4)c(OC)cc1C. The predicted molar refractivity (Wildman–Crippen MR) is 137 cm³/mol. The van der Waals surface area contributed by atoms with Gasteiger partial charge in [-0.2, -0.15) is 0 Å². The Bertz CT molecular complexity index is 1210. The number of carbonyl (C=O) groups is 1. The number of ether oxygens (including phenoxy) is 1. The normalized spacial score (nSPS) is 15.8. The fourth-order valence-corrected chi connectivity index (χ4v) is 6.15. The number of benzene rings is 1. The van der Waals surface area contributed by atoms with E-state index in [4.69, 9.17) is 4.74 Å². The van der Waals surface area contributed by atoms with Gasteiger partial charge in [0.15, 0.2) is 0 Å². The van der Waals surface area contributed by atoms with Gasteiger partial charge in [0, 0.05) is 24.4 Å². The maximum absolute atomic E-state index is 13.0. The monoisotopic (exact) mass is 482 g/mol. The Morgan fingerprint density at radius 1 is 1.35 bits per heavy atom. The molecule has 7 nitrogen and oxygen atoms in total. The van der Waals surface area contributed by atoms with E-state index in [9.17, 15) is 9.90 Å². The van der Waals surface area contributed by atoms with Gasteiger partial charge in [-0.15, -0.1) is 11.3 Å². The van der Waals surface area contributed by atoms with Gasteiger partial charge in [0.05, 0.1) is 23.8 Å². The van der Waals surface area contributed by atoms with E-state index in [1.807, 2.05) is 0 Å². The number of fused-ring (bicyclic) bond motifs is 3. The van der Waals surface area contributed by atoms with Gasteiger partial charge in [0.1, 0.15) is 22.7 Å². The molecule has 1 amide bonds. The fraction of sp³-hybridized carbons (Fsp3) is 0.500. The number of nitrogens with one attached hydrogen (secondary N) is 1. The van der Waals surface area contributed by atoms with Crippen molar-refractivity contribution in [2.75, 3.05) is 26.0 Å². The molecule has 0 saturated heterocycles. The van der Waals surface area contributed by atoms with Gasteiger partial charge in [-0.05, 0) is 75.3 Å². The van der Waals surface area contributed by atoms with Crippen LogP contribution < -0.4 is 10.1 Å². The van der Waals surface area contributed by atoms with Crippen LogP contribution in [-0.4, -0.2) is 52.2 Å². The third-order valence-corrected chi connectivity index (χ3v) is 7.65. The van der Waals surface area contributed by atoms with Crippen molar-refractivity contribution in [1.82, 2.24) is 14.9 Å². The largest absolute Gasteiger partial charge is 0.495 e. The zero-order valence-corrected chi connectivity index (χ0v) is 21.7. The average molecular weight is 483 g/mol. The van der Waals surface area contributed by atoms with Crippen molar-refractivity contribution in [3.63, 3.8) is 0 Å². The lowest BCUT2D eigenvalue weighted by Crippen LogP contribution is -2.43. The third-order valence-electron chi connectivity index (χ3n) is 6.49. The number of thiophene rings is 1. The molecule has 2 N–H and O–H groups in total. The second-order valence-electron chi connectivity index (χ2n) is 9.81. The number of carbonyl (C=O) groups excluding carboxylic acids is 1. The molecule has 2 heterocycles. The number of hydrogen-bond acceptors (Lipinski definition) is 7. The van der Waals surface area contributed by atoms with E-state index in [0.717, 1.165) is 46.7 Å². The molecule has 1 aliphatic rings. The van der Waals surface area contributed by atoms with Gasteiger partial charge in [0.2, 0.25) is 5.91 Å². The summed E-state index contributed by atoms with van der Waals surface area (Å²) in [7, 11) is 3.45. The highest BCUT2D eigenvalue weighted by molar-refractivity contribution is 7.19. The van der Waals surface area contributed by atoms with E-state index in [2.05, 4.69) is 41.3 Å². The number of rotatable bonds is 7. The molecule has 1 atom stereocenters. The number of amides is 1. The second-order valence-corrected chi connectivity index (χ2v) is 10.9. The minimum atomic E-state index is -0.910. The average Bonchev–Trinajstić information content (AvgIpc) is 3.16. The Hall–Kier alpha value is -2.71. The van der Waals surface area contributed by atoms with Gasteiger partial charge >= 0.3 is 0 Å². The number of anilines is 2. The zero-order valence-electron chi connectivity index (χ0n) is 20.9. The Morgan fingerprint density at radius 2 is 2.12 bits per heavy atom. The summed E-state index contributed by atoms with van der Waals surface area (Å²) in [6.45, 7) is 8.01. The van der Waals surface area contributed by atoms with Crippen LogP contribution in [0, 0.1) is 12.8 Å². The molecule has 0 saturated carbocycles. The summed E-state index contributed by atoms with van der Waals surface area (Å²) in [4.78, 5) is 25.9. The van der Waals surface area contributed by atoms with Crippen molar-refractivity contribution in [3.05, 3.63) is 40.0 Å². The number of aryl methyl sites for hydroxylation is 3. The smallest absolute Gasteiger partial charge is 0.225 e. The molecule has 0 fully saturated rings. The summed E-state index contributed by atoms with van der Waals surface area (Å²) < 4.78 is 5.64. The van der Waals surface area contributed by atoms with E-state index >= 15 is 0 Å². The lowest BCUT2D eigenvalue weighted by Gasteiger charge is -2.30. The molecule has 0 radical (unpaired) electrons. The van der Waals surface area contributed by atoms with E-state index in [1.165, 1.54) is 21.6 Å². The Morgan fingerprint density at radius 3 is 2.79 bits per heavy atom. The minimum absolute atomic E-state index is 0.0819. The van der Waals surface area contributed by atoms with E-state index < -0.39 is 5.60 Å². The highest BCUT2D eigenvalue weighted by atomic mass is 32.1. The lowest BCUT2D eigenvalue weighted by atomic mass is 9.86. The first-order valence-electron chi connectivity index (χ1n) is 11.8. The van der Waals surface area contributed by atoms with Crippen LogP contribution in [0.1, 0.15) is 48.8 Å². The highest BCUT2D eigenvalue weighted by Gasteiger charge is 2.32. The molecule has 34 heavy (non-hydrogen) atoms. The molecule has 0 spiro atoms. The summed E-state index contributed by atoms with van der Waals surface area (Å²) in [6.07, 6.45) is 4.80. The summed E-state index contributed by atoms with van der Waals surface area (Å²) in [5.41, 5.74) is 3.68. The van der Waals surface area contributed by atoms with Gasteiger partial charge in [-0.25, -0.2) is 9.97 Å². The molecular weight excluding hydrogens is 448 g/mol. The van der Waals surface area contributed by atoms with Crippen LogP contribution in [0.15, 0.2) is 18.5 Å². The first-order chi connectivity index (χ1) is 16.1. The van der Waals surface area contributed by atoms with E-state index in [1.54, 1.807) is 50.6 Å². The zero-order chi connectivity index (χ0) is 24.6. The minimum Gasteiger partial charge on any atom is -0.495 e. The number of nitrogens with zero attached hydrogens (tertiary/aromatic N) is 3. The summed E-state index contributed by atoms with van der Waals surface area (Å²) in [6, 6.07) is 4.19. The maximum atomic E-state index is 13.0. The topological polar surface area (TPSA) is 87.6 Å². The molecule has 2 aromatic heterocycles. The summed E-state index contributed by atoms with van der Waals surface area (Å²) in [5.74, 6) is 1.56. The van der Waals surface area contributed by atoms with Crippen molar-refractivity contribution in [1.29, 1.82) is 0 Å². The molecule has 8 heteroatoms. The molecule has 4 rings (SSSR count). The van der Waals surface area contributed by atoms with Gasteiger partial charge in [-0.3, -0.25) is 4.79 Å².